The van der Waals surface area contributed by atoms with E-state index < -0.39 is 28.3 Å². The third kappa shape index (κ3) is 8.74. The van der Waals surface area contributed by atoms with Gasteiger partial charge in [-0.1, -0.05) is 81.4 Å². The highest BCUT2D eigenvalue weighted by Crippen LogP contribution is 2.19. The molecular formula is C26H38N2O5S. The quantitative estimate of drug-likeness (QED) is 0.413. The lowest BCUT2D eigenvalue weighted by molar-refractivity contribution is 0.0343. The topological polar surface area (TPSA) is 98.2 Å². The lowest BCUT2D eigenvalue weighted by Crippen LogP contribution is -2.52. The van der Waals surface area contributed by atoms with Crippen molar-refractivity contribution in [2.24, 2.45) is 5.92 Å². The van der Waals surface area contributed by atoms with Crippen LogP contribution >= 0.6 is 0 Å². The molecule has 8 heteroatoms. The Balaban J connectivity index is 2.37. The molecule has 0 saturated carbocycles. The largest absolute Gasteiger partial charge is 0.465 e. The van der Waals surface area contributed by atoms with Crippen LogP contribution in [0.1, 0.15) is 44.7 Å². The second-order valence-electron chi connectivity index (χ2n) is 9.08. The molecule has 0 aliphatic heterocycles. The minimum Gasteiger partial charge on any atom is -0.465 e. The highest BCUT2D eigenvalue weighted by Gasteiger charge is 2.34. The Morgan fingerprint density at radius 2 is 1.53 bits per heavy atom. The van der Waals surface area contributed by atoms with Crippen molar-refractivity contribution < 1.29 is 23.4 Å². The molecular weight excluding hydrogens is 452 g/mol. The molecule has 0 bridgehead atoms. The van der Waals surface area contributed by atoms with Crippen molar-refractivity contribution in [2.45, 2.75) is 58.7 Å². The molecule has 0 spiro atoms. The standard InChI is InChI=1S/C26H38N2O5S/c1-4-17-34(32,33)27(16-15-21(2)3)20-25(29)24(18-22-11-7-5-8-12-22)28(26(30)31)19-23-13-9-6-10-14-23/h5-14,21,24-25,29H,4,15-20H2,1-3H3,(H,30,31)/t24-,25+/m0/s1. The number of carbonyl (C=O) groups is 1. The number of aliphatic hydroxyl groups is 1. The summed E-state index contributed by atoms with van der Waals surface area (Å²) >= 11 is 0. The van der Waals surface area contributed by atoms with Gasteiger partial charge in [0, 0.05) is 19.6 Å². The summed E-state index contributed by atoms with van der Waals surface area (Å²) in [6, 6.07) is 17.7. The average Bonchev–Trinajstić information content (AvgIpc) is 2.79. The van der Waals surface area contributed by atoms with Crippen LogP contribution in [0.25, 0.3) is 0 Å². The van der Waals surface area contributed by atoms with Gasteiger partial charge in [-0.15, -0.1) is 0 Å². The summed E-state index contributed by atoms with van der Waals surface area (Å²) in [4.78, 5) is 13.5. The summed E-state index contributed by atoms with van der Waals surface area (Å²) in [5.41, 5.74) is 1.67. The van der Waals surface area contributed by atoms with Crippen molar-refractivity contribution in [3.63, 3.8) is 0 Å². The highest BCUT2D eigenvalue weighted by molar-refractivity contribution is 7.89. The van der Waals surface area contributed by atoms with Crippen molar-refractivity contribution in [2.75, 3.05) is 18.8 Å². The van der Waals surface area contributed by atoms with Crippen LogP contribution in [-0.2, 0) is 23.0 Å². The van der Waals surface area contributed by atoms with E-state index in [4.69, 9.17) is 0 Å². The summed E-state index contributed by atoms with van der Waals surface area (Å²) in [6.45, 7) is 6.08. The van der Waals surface area contributed by atoms with Crippen molar-refractivity contribution >= 4 is 16.1 Å². The zero-order valence-corrected chi connectivity index (χ0v) is 21.2. The smallest absolute Gasteiger partial charge is 0.407 e. The second kappa shape index (κ2) is 13.5. The van der Waals surface area contributed by atoms with E-state index in [1.807, 2.05) is 74.5 Å². The normalized spacial score (nSPS) is 13.7. The zero-order chi connectivity index (χ0) is 25.1. The maximum atomic E-state index is 12.9. The number of amides is 1. The minimum absolute atomic E-state index is 0.00612. The van der Waals surface area contributed by atoms with Gasteiger partial charge >= 0.3 is 6.09 Å². The average molecular weight is 491 g/mol. The molecule has 1 amide bonds. The van der Waals surface area contributed by atoms with Gasteiger partial charge in [0.25, 0.3) is 0 Å². The lowest BCUT2D eigenvalue weighted by Gasteiger charge is -2.35. The monoisotopic (exact) mass is 490 g/mol. The van der Waals surface area contributed by atoms with E-state index in [1.165, 1.54) is 9.21 Å². The summed E-state index contributed by atoms with van der Waals surface area (Å²) in [5.74, 6) is 0.290. The number of hydrogen-bond donors (Lipinski definition) is 2. The molecule has 2 aromatic carbocycles. The number of carboxylic acid groups (broad SMARTS) is 1. The summed E-state index contributed by atoms with van der Waals surface area (Å²) in [7, 11) is -3.57. The van der Waals surface area contributed by atoms with E-state index in [0.29, 0.717) is 25.3 Å². The first-order valence-electron chi connectivity index (χ1n) is 11.9. The molecule has 0 fully saturated rings. The van der Waals surface area contributed by atoms with Crippen molar-refractivity contribution in [1.29, 1.82) is 0 Å². The first-order valence-corrected chi connectivity index (χ1v) is 13.5. The number of hydrogen-bond acceptors (Lipinski definition) is 4. The fourth-order valence-corrected chi connectivity index (χ4v) is 5.42. The second-order valence-corrected chi connectivity index (χ2v) is 11.2. The van der Waals surface area contributed by atoms with Crippen LogP contribution < -0.4 is 0 Å². The zero-order valence-electron chi connectivity index (χ0n) is 20.4. The molecule has 0 saturated heterocycles. The molecule has 0 aliphatic rings. The van der Waals surface area contributed by atoms with Crippen LogP contribution in [0, 0.1) is 5.92 Å². The Bertz CT molecular complexity index is 967. The van der Waals surface area contributed by atoms with Crippen LogP contribution in [0.5, 0.6) is 0 Å². The maximum Gasteiger partial charge on any atom is 0.407 e. The van der Waals surface area contributed by atoms with Gasteiger partial charge in [-0.25, -0.2) is 13.2 Å². The molecule has 0 heterocycles. The highest BCUT2D eigenvalue weighted by atomic mass is 32.2. The first kappa shape index (κ1) is 27.8. The SMILES string of the molecule is CCCS(=O)(=O)N(CCC(C)C)C[C@@H](O)[C@H](Cc1ccccc1)N(Cc1ccccc1)C(=O)O. The summed E-state index contributed by atoms with van der Waals surface area (Å²) < 4.78 is 27.2. The van der Waals surface area contributed by atoms with E-state index in [0.717, 1.165) is 11.1 Å². The Morgan fingerprint density at radius 1 is 0.971 bits per heavy atom. The predicted molar refractivity (Wildman–Crippen MR) is 135 cm³/mol. The maximum absolute atomic E-state index is 12.9. The summed E-state index contributed by atoms with van der Waals surface area (Å²) in [5, 5.41) is 21.4. The fourth-order valence-electron chi connectivity index (χ4n) is 3.88. The summed E-state index contributed by atoms with van der Waals surface area (Å²) in [6.07, 6.45) is -0.953. The van der Waals surface area contributed by atoms with Crippen LogP contribution in [0.4, 0.5) is 4.79 Å². The van der Waals surface area contributed by atoms with E-state index in [2.05, 4.69) is 0 Å². The lowest BCUT2D eigenvalue weighted by atomic mass is 9.99. The van der Waals surface area contributed by atoms with Crippen molar-refractivity contribution in [3.05, 3.63) is 71.8 Å². The molecule has 7 nitrogen and oxygen atoms in total. The third-order valence-electron chi connectivity index (χ3n) is 5.78. The molecule has 2 atom stereocenters. The van der Waals surface area contributed by atoms with E-state index in [9.17, 15) is 23.4 Å². The van der Waals surface area contributed by atoms with Gasteiger partial charge in [0.1, 0.15) is 0 Å². The Morgan fingerprint density at radius 3 is 2.03 bits per heavy atom. The molecule has 188 valence electrons. The van der Waals surface area contributed by atoms with Gasteiger partial charge in [0.05, 0.1) is 17.9 Å². The minimum atomic E-state index is -3.57. The molecule has 2 N–H and O–H groups in total. The third-order valence-corrected chi connectivity index (χ3v) is 7.82. The van der Waals surface area contributed by atoms with Crippen LogP contribution in [0.2, 0.25) is 0 Å². The molecule has 0 aromatic heterocycles. The van der Waals surface area contributed by atoms with Crippen molar-refractivity contribution in [1.82, 2.24) is 9.21 Å². The molecule has 2 aromatic rings. The predicted octanol–water partition coefficient (Wildman–Crippen LogP) is 4.23. The van der Waals surface area contributed by atoms with Crippen LogP contribution in [0.15, 0.2) is 60.7 Å². The van der Waals surface area contributed by atoms with Crippen molar-refractivity contribution in [3.8, 4) is 0 Å². The van der Waals surface area contributed by atoms with Crippen LogP contribution in [0.3, 0.4) is 0 Å². The van der Waals surface area contributed by atoms with Gasteiger partial charge in [-0.2, -0.15) is 4.31 Å². The number of aliphatic hydroxyl groups excluding tert-OH is 1. The molecule has 34 heavy (non-hydrogen) atoms. The number of rotatable bonds is 14. The van der Waals surface area contributed by atoms with E-state index >= 15 is 0 Å². The molecule has 0 radical (unpaired) electrons. The van der Waals surface area contributed by atoms with Gasteiger partial charge in [0.15, 0.2) is 0 Å². The molecule has 0 aliphatic carbocycles. The number of sulfonamides is 1. The molecule has 2 rings (SSSR count). The van der Waals surface area contributed by atoms with Crippen LogP contribution in [-0.4, -0.2) is 64.9 Å². The first-order chi connectivity index (χ1) is 16.1. The number of nitrogens with zero attached hydrogens (tertiary/aromatic N) is 2. The van der Waals surface area contributed by atoms with Gasteiger partial charge in [-0.3, -0.25) is 4.90 Å². The van der Waals surface area contributed by atoms with E-state index in [1.54, 1.807) is 6.92 Å². The molecule has 0 unspecified atom stereocenters. The Hall–Kier alpha value is -2.42. The van der Waals surface area contributed by atoms with Gasteiger partial charge < -0.3 is 10.2 Å². The van der Waals surface area contributed by atoms with Gasteiger partial charge in [0.2, 0.25) is 10.0 Å². The van der Waals surface area contributed by atoms with Gasteiger partial charge in [-0.05, 0) is 36.3 Å². The van der Waals surface area contributed by atoms with E-state index in [-0.39, 0.29) is 25.3 Å². The number of benzene rings is 2. The Kier molecular flexibility index (Phi) is 11.0. The fraction of sp³-hybridized carbons (Fsp3) is 0.500. The Labute approximate surface area is 204 Å².